The molecule has 1 aromatic rings. The van der Waals surface area contributed by atoms with Crippen LogP contribution in [0.1, 0.15) is 22.5 Å². The Morgan fingerprint density at radius 3 is 2.69 bits per heavy atom. The maximum atomic E-state index is 11.5. The van der Waals surface area contributed by atoms with Gasteiger partial charge in [-0.15, -0.1) is 22.9 Å². The van der Waals surface area contributed by atoms with Crippen molar-refractivity contribution in [3.05, 3.63) is 19.2 Å². The molecule has 0 atom stereocenters. The third-order valence-electron chi connectivity index (χ3n) is 1.46. The Hall–Kier alpha value is 0.620. The van der Waals surface area contributed by atoms with Gasteiger partial charge in [0.2, 0.25) is 0 Å². The molecule has 0 saturated heterocycles. The van der Waals surface area contributed by atoms with Gasteiger partial charge in [-0.3, -0.25) is 4.79 Å². The van der Waals surface area contributed by atoms with Gasteiger partial charge in [0.25, 0.3) is 0 Å². The van der Waals surface area contributed by atoms with Crippen molar-refractivity contribution < 1.29 is 4.79 Å². The van der Waals surface area contributed by atoms with Crippen LogP contribution in [0, 0.1) is 0 Å². The van der Waals surface area contributed by atoms with E-state index in [4.69, 9.17) is 11.6 Å². The van der Waals surface area contributed by atoms with Crippen LogP contribution >= 0.6 is 54.8 Å². The summed E-state index contributed by atoms with van der Waals surface area (Å²) in [7, 11) is 0. The number of rotatable bonds is 4. The summed E-state index contributed by atoms with van der Waals surface area (Å²) in [5.41, 5.74) is 0. The molecule has 1 aromatic heterocycles. The minimum atomic E-state index is 0.164. The van der Waals surface area contributed by atoms with Crippen LogP contribution in [0.2, 0.25) is 0 Å². The molecule has 0 aliphatic heterocycles. The molecule has 0 bridgehead atoms. The molecule has 0 spiro atoms. The lowest BCUT2D eigenvalue weighted by atomic mass is 10.2. The number of halogens is 3. The minimum Gasteiger partial charge on any atom is -0.293 e. The normalized spacial score (nSPS) is 10.4. The number of alkyl halides is 1. The zero-order valence-corrected chi connectivity index (χ0v) is 11.4. The Balaban J connectivity index is 2.66. The van der Waals surface area contributed by atoms with Gasteiger partial charge in [0.05, 0.1) is 8.66 Å². The molecule has 0 aliphatic carbocycles. The standard InChI is InChI=1S/C8H7Br2ClOS/c9-5-4-7(13-8(5)10)6(12)2-1-3-11/h4H,1-3H2. The summed E-state index contributed by atoms with van der Waals surface area (Å²) in [6.07, 6.45) is 1.27. The molecular weight excluding hydrogens is 339 g/mol. The minimum absolute atomic E-state index is 0.164. The van der Waals surface area contributed by atoms with Crippen LogP contribution in [0.5, 0.6) is 0 Å². The summed E-state index contributed by atoms with van der Waals surface area (Å²) in [4.78, 5) is 12.3. The van der Waals surface area contributed by atoms with E-state index in [9.17, 15) is 4.79 Å². The molecule has 1 heterocycles. The van der Waals surface area contributed by atoms with E-state index in [0.29, 0.717) is 12.3 Å². The van der Waals surface area contributed by atoms with Gasteiger partial charge in [-0.05, 0) is 44.3 Å². The highest BCUT2D eigenvalue weighted by atomic mass is 79.9. The second-order valence-corrected chi connectivity index (χ2v) is 6.05. The van der Waals surface area contributed by atoms with E-state index in [-0.39, 0.29) is 5.78 Å². The first-order valence-electron chi connectivity index (χ1n) is 3.69. The molecular formula is C8H7Br2ClOS. The van der Waals surface area contributed by atoms with E-state index in [1.54, 1.807) is 0 Å². The Labute approximate surface area is 103 Å². The van der Waals surface area contributed by atoms with Crippen LogP contribution in [-0.4, -0.2) is 11.7 Å². The number of Topliss-reactive ketones (excluding diaryl/α,β-unsaturated/α-hetero) is 1. The number of ketones is 1. The molecule has 0 saturated carbocycles. The van der Waals surface area contributed by atoms with Gasteiger partial charge in [0.15, 0.2) is 5.78 Å². The smallest absolute Gasteiger partial charge is 0.172 e. The van der Waals surface area contributed by atoms with Gasteiger partial charge in [-0.2, -0.15) is 0 Å². The van der Waals surface area contributed by atoms with Crippen molar-refractivity contribution in [1.29, 1.82) is 0 Å². The Bertz CT molecular complexity index is 292. The maximum absolute atomic E-state index is 11.5. The monoisotopic (exact) mass is 344 g/mol. The third-order valence-corrected chi connectivity index (χ3v) is 5.02. The first kappa shape index (κ1) is 11.7. The number of hydrogen-bond acceptors (Lipinski definition) is 2. The lowest BCUT2D eigenvalue weighted by Crippen LogP contribution is -1.95. The summed E-state index contributed by atoms with van der Waals surface area (Å²) < 4.78 is 1.90. The fourth-order valence-corrected chi connectivity index (χ4v) is 2.97. The van der Waals surface area contributed by atoms with Crippen LogP contribution in [0.25, 0.3) is 0 Å². The summed E-state index contributed by atoms with van der Waals surface area (Å²) in [6, 6.07) is 1.84. The van der Waals surface area contributed by atoms with Gasteiger partial charge < -0.3 is 0 Å². The molecule has 72 valence electrons. The van der Waals surface area contributed by atoms with E-state index in [0.717, 1.165) is 19.6 Å². The molecule has 0 amide bonds. The molecule has 5 heteroatoms. The molecule has 0 unspecified atom stereocenters. The molecule has 0 N–H and O–H groups in total. The molecule has 13 heavy (non-hydrogen) atoms. The summed E-state index contributed by atoms with van der Waals surface area (Å²) in [5.74, 6) is 0.705. The number of hydrogen-bond donors (Lipinski definition) is 0. The van der Waals surface area contributed by atoms with Crippen LogP contribution in [0.4, 0.5) is 0 Å². The molecule has 0 radical (unpaired) electrons. The van der Waals surface area contributed by atoms with Crippen molar-refractivity contribution >= 4 is 60.6 Å². The third kappa shape index (κ3) is 3.35. The molecule has 1 nitrogen and oxygen atoms in total. The zero-order chi connectivity index (χ0) is 9.84. The van der Waals surface area contributed by atoms with E-state index in [1.165, 1.54) is 11.3 Å². The van der Waals surface area contributed by atoms with Crippen molar-refractivity contribution in [1.82, 2.24) is 0 Å². The van der Waals surface area contributed by atoms with Crippen LogP contribution < -0.4 is 0 Å². The quantitative estimate of drug-likeness (QED) is 0.580. The summed E-state index contributed by atoms with van der Waals surface area (Å²) >= 11 is 13.6. The molecule has 1 rings (SSSR count). The highest BCUT2D eigenvalue weighted by molar-refractivity contribution is 9.13. The molecule has 0 aromatic carbocycles. The van der Waals surface area contributed by atoms with Crippen molar-refractivity contribution in [2.24, 2.45) is 0 Å². The Kier molecular flexibility index (Phi) is 4.94. The lowest BCUT2D eigenvalue weighted by Gasteiger charge is -1.93. The SMILES string of the molecule is O=C(CCCCl)c1cc(Br)c(Br)s1. The van der Waals surface area contributed by atoms with Crippen molar-refractivity contribution in [3.63, 3.8) is 0 Å². The van der Waals surface area contributed by atoms with E-state index >= 15 is 0 Å². The average molecular weight is 346 g/mol. The molecule has 0 fully saturated rings. The van der Waals surface area contributed by atoms with E-state index in [2.05, 4.69) is 31.9 Å². The number of thiophene rings is 1. The van der Waals surface area contributed by atoms with Crippen molar-refractivity contribution in [2.45, 2.75) is 12.8 Å². The Morgan fingerprint density at radius 2 is 2.23 bits per heavy atom. The van der Waals surface area contributed by atoms with E-state index < -0.39 is 0 Å². The van der Waals surface area contributed by atoms with E-state index in [1.807, 2.05) is 6.07 Å². The zero-order valence-electron chi connectivity index (χ0n) is 6.65. The van der Waals surface area contributed by atoms with Crippen molar-refractivity contribution in [2.75, 3.05) is 5.88 Å². The predicted octanol–water partition coefficient (Wildman–Crippen LogP) is 4.47. The van der Waals surface area contributed by atoms with Gasteiger partial charge in [0.1, 0.15) is 0 Å². The first-order chi connectivity index (χ1) is 6.15. The van der Waals surface area contributed by atoms with Gasteiger partial charge in [-0.1, -0.05) is 0 Å². The second-order valence-electron chi connectivity index (χ2n) is 2.45. The Morgan fingerprint density at radius 1 is 1.54 bits per heavy atom. The first-order valence-corrected chi connectivity index (χ1v) is 6.63. The predicted molar refractivity (Wildman–Crippen MR) is 64.0 cm³/mol. The fraction of sp³-hybridized carbons (Fsp3) is 0.375. The van der Waals surface area contributed by atoms with Gasteiger partial charge >= 0.3 is 0 Å². The topological polar surface area (TPSA) is 17.1 Å². The van der Waals surface area contributed by atoms with Gasteiger partial charge in [0, 0.05) is 16.8 Å². The number of carbonyl (C=O) groups is 1. The highest BCUT2D eigenvalue weighted by Crippen LogP contribution is 2.33. The van der Waals surface area contributed by atoms with Crippen molar-refractivity contribution in [3.8, 4) is 0 Å². The summed E-state index contributed by atoms with van der Waals surface area (Å²) in [5, 5.41) is 0. The highest BCUT2D eigenvalue weighted by Gasteiger charge is 2.11. The largest absolute Gasteiger partial charge is 0.293 e. The van der Waals surface area contributed by atoms with Crippen LogP contribution in [-0.2, 0) is 0 Å². The summed E-state index contributed by atoms with van der Waals surface area (Å²) in [6.45, 7) is 0. The average Bonchev–Trinajstić information content (AvgIpc) is 2.43. The van der Waals surface area contributed by atoms with Crippen LogP contribution in [0.15, 0.2) is 14.3 Å². The number of carbonyl (C=O) groups excluding carboxylic acids is 1. The maximum Gasteiger partial charge on any atom is 0.172 e. The van der Waals surface area contributed by atoms with Gasteiger partial charge in [-0.25, -0.2) is 0 Å². The van der Waals surface area contributed by atoms with Crippen LogP contribution in [0.3, 0.4) is 0 Å². The fourth-order valence-electron chi connectivity index (χ4n) is 0.835. The lowest BCUT2D eigenvalue weighted by molar-refractivity contribution is 0.0986. The molecule has 0 aliphatic rings. The second kappa shape index (κ2) is 5.49.